The van der Waals surface area contributed by atoms with Crippen LogP contribution in [0.5, 0.6) is 0 Å². The molecule has 2 aromatic carbocycles. The number of sulfonamides is 1. The van der Waals surface area contributed by atoms with Crippen molar-refractivity contribution in [2.24, 2.45) is 0 Å². The highest BCUT2D eigenvalue weighted by Crippen LogP contribution is 2.26. The summed E-state index contributed by atoms with van der Waals surface area (Å²) in [6.07, 6.45) is 0. The Labute approximate surface area is 192 Å². The van der Waals surface area contributed by atoms with Crippen molar-refractivity contribution in [2.75, 3.05) is 31.0 Å². The number of halogens is 2. The van der Waals surface area contributed by atoms with Gasteiger partial charge in [-0.05, 0) is 56.3 Å². The van der Waals surface area contributed by atoms with Gasteiger partial charge in [0.1, 0.15) is 5.82 Å². The standard InChI is InChI=1S/C22H24ClFN2O5S/c1-5-26(13-15(2)3)21(27)14-31-22(28)19-12-18(10-11-20(19)23)32(29,30)25(4)17-8-6-16(24)7-9-17/h6-12H,2,5,13-14H2,1,3-4H3. The molecule has 0 bridgehead atoms. The SMILES string of the molecule is C=C(C)CN(CC)C(=O)COC(=O)c1cc(S(=O)(=O)N(C)c2ccc(F)cc2)ccc1Cl. The summed E-state index contributed by atoms with van der Waals surface area (Å²) in [5.41, 5.74) is 0.807. The monoisotopic (exact) mass is 482 g/mol. The normalized spacial score (nSPS) is 11.0. The van der Waals surface area contributed by atoms with Gasteiger partial charge in [-0.1, -0.05) is 23.8 Å². The lowest BCUT2D eigenvalue weighted by atomic mass is 10.2. The maximum absolute atomic E-state index is 13.2. The maximum Gasteiger partial charge on any atom is 0.340 e. The number of carbonyl (C=O) groups is 2. The van der Waals surface area contributed by atoms with Crippen molar-refractivity contribution in [2.45, 2.75) is 18.7 Å². The van der Waals surface area contributed by atoms with Gasteiger partial charge in [-0.15, -0.1) is 0 Å². The lowest BCUT2D eigenvalue weighted by Gasteiger charge is -2.21. The van der Waals surface area contributed by atoms with Gasteiger partial charge in [-0.2, -0.15) is 0 Å². The maximum atomic E-state index is 13.2. The van der Waals surface area contributed by atoms with Crippen molar-refractivity contribution < 1.29 is 27.1 Å². The molecule has 0 radical (unpaired) electrons. The minimum Gasteiger partial charge on any atom is -0.452 e. The van der Waals surface area contributed by atoms with E-state index in [0.29, 0.717) is 13.1 Å². The van der Waals surface area contributed by atoms with Crippen LogP contribution in [0.3, 0.4) is 0 Å². The Morgan fingerprint density at radius 1 is 1.16 bits per heavy atom. The molecule has 172 valence electrons. The predicted molar refractivity (Wildman–Crippen MR) is 121 cm³/mol. The van der Waals surface area contributed by atoms with Crippen LogP contribution >= 0.6 is 11.6 Å². The quantitative estimate of drug-likeness (QED) is 0.400. The van der Waals surface area contributed by atoms with Crippen LogP contribution in [0.25, 0.3) is 0 Å². The van der Waals surface area contributed by atoms with Gasteiger partial charge >= 0.3 is 5.97 Å². The average Bonchev–Trinajstić information content (AvgIpc) is 2.75. The first kappa shape index (κ1) is 25.4. The zero-order valence-corrected chi connectivity index (χ0v) is 19.5. The first-order valence-corrected chi connectivity index (χ1v) is 11.4. The molecule has 0 aliphatic heterocycles. The van der Waals surface area contributed by atoms with Crippen molar-refractivity contribution in [3.63, 3.8) is 0 Å². The smallest absolute Gasteiger partial charge is 0.340 e. The number of esters is 1. The molecule has 0 N–H and O–H groups in total. The third-order valence-electron chi connectivity index (χ3n) is 4.53. The highest BCUT2D eigenvalue weighted by atomic mass is 35.5. The predicted octanol–water partition coefficient (Wildman–Crippen LogP) is 3.89. The molecule has 0 saturated heterocycles. The minimum absolute atomic E-state index is 0.0277. The number of benzene rings is 2. The van der Waals surface area contributed by atoms with Crippen molar-refractivity contribution >= 4 is 39.2 Å². The van der Waals surface area contributed by atoms with Crippen LogP contribution in [0.4, 0.5) is 10.1 Å². The number of anilines is 1. The Morgan fingerprint density at radius 2 is 1.78 bits per heavy atom. The highest BCUT2D eigenvalue weighted by Gasteiger charge is 2.25. The molecule has 2 rings (SSSR count). The molecule has 0 atom stereocenters. The van der Waals surface area contributed by atoms with E-state index in [-0.39, 0.29) is 21.2 Å². The fourth-order valence-electron chi connectivity index (χ4n) is 2.77. The molecule has 0 saturated carbocycles. The second kappa shape index (κ2) is 10.6. The summed E-state index contributed by atoms with van der Waals surface area (Å²) in [6, 6.07) is 8.47. The van der Waals surface area contributed by atoms with Gasteiger partial charge in [-0.3, -0.25) is 9.10 Å². The molecule has 0 aliphatic carbocycles. The number of amides is 1. The van der Waals surface area contributed by atoms with Crippen molar-refractivity contribution in [1.82, 2.24) is 4.90 Å². The number of likely N-dealkylation sites (N-methyl/N-ethyl adjacent to an activating group) is 1. The number of hydrogen-bond acceptors (Lipinski definition) is 5. The van der Waals surface area contributed by atoms with E-state index in [1.807, 2.05) is 0 Å². The third-order valence-corrected chi connectivity index (χ3v) is 6.64. The van der Waals surface area contributed by atoms with E-state index in [2.05, 4.69) is 6.58 Å². The number of hydrogen-bond donors (Lipinski definition) is 0. The summed E-state index contributed by atoms with van der Waals surface area (Å²) in [6.45, 7) is 7.53. The molecule has 0 spiro atoms. The van der Waals surface area contributed by atoms with Crippen LogP contribution in [0.1, 0.15) is 24.2 Å². The number of ether oxygens (including phenoxy) is 1. The Hall–Kier alpha value is -2.91. The van der Waals surface area contributed by atoms with E-state index < -0.39 is 34.3 Å². The average molecular weight is 483 g/mol. The van der Waals surface area contributed by atoms with E-state index >= 15 is 0 Å². The Kier molecular flexibility index (Phi) is 8.40. The van der Waals surface area contributed by atoms with Crippen LogP contribution in [-0.4, -0.2) is 51.9 Å². The van der Waals surface area contributed by atoms with Crippen LogP contribution in [0, 0.1) is 5.82 Å². The molecule has 0 unspecified atom stereocenters. The molecule has 0 heterocycles. The molecule has 2 aromatic rings. The van der Waals surface area contributed by atoms with Crippen LogP contribution in [0.15, 0.2) is 59.5 Å². The molecule has 10 heteroatoms. The zero-order valence-electron chi connectivity index (χ0n) is 18.0. The van der Waals surface area contributed by atoms with Gasteiger partial charge in [0.05, 0.1) is 21.2 Å². The zero-order chi connectivity index (χ0) is 24.1. The Bertz CT molecular complexity index is 1120. The molecule has 0 aliphatic rings. The van der Waals surface area contributed by atoms with E-state index in [1.165, 1.54) is 36.2 Å². The summed E-state index contributed by atoms with van der Waals surface area (Å²) in [7, 11) is -2.78. The van der Waals surface area contributed by atoms with Gasteiger partial charge in [0, 0.05) is 20.1 Å². The first-order chi connectivity index (χ1) is 15.0. The third kappa shape index (κ3) is 6.08. The van der Waals surface area contributed by atoms with E-state index in [0.717, 1.165) is 28.1 Å². The largest absolute Gasteiger partial charge is 0.452 e. The van der Waals surface area contributed by atoms with Crippen LogP contribution in [-0.2, 0) is 19.6 Å². The summed E-state index contributed by atoms with van der Waals surface area (Å²) in [4.78, 5) is 26.0. The van der Waals surface area contributed by atoms with E-state index in [1.54, 1.807) is 13.8 Å². The molecule has 0 fully saturated rings. The van der Waals surface area contributed by atoms with Crippen molar-refractivity contribution in [1.29, 1.82) is 0 Å². The summed E-state index contributed by atoms with van der Waals surface area (Å²) in [5, 5.41) is -0.0277. The summed E-state index contributed by atoms with van der Waals surface area (Å²) >= 11 is 6.07. The Balaban J connectivity index is 2.22. The Morgan fingerprint density at radius 3 is 2.34 bits per heavy atom. The van der Waals surface area contributed by atoms with E-state index in [9.17, 15) is 22.4 Å². The summed E-state index contributed by atoms with van der Waals surface area (Å²) < 4.78 is 45.1. The number of rotatable bonds is 9. The van der Waals surface area contributed by atoms with Crippen LogP contribution < -0.4 is 4.31 Å². The number of nitrogens with zero attached hydrogens (tertiary/aromatic N) is 2. The molecular formula is C22H24ClFN2O5S. The fraction of sp³-hybridized carbons (Fsp3) is 0.273. The number of carbonyl (C=O) groups excluding carboxylic acids is 2. The van der Waals surface area contributed by atoms with Crippen molar-refractivity contribution in [3.8, 4) is 0 Å². The lowest BCUT2D eigenvalue weighted by molar-refractivity contribution is -0.133. The fourth-order valence-corrected chi connectivity index (χ4v) is 4.18. The second-order valence-corrected chi connectivity index (χ2v) is 9.41. The van der Waals surface area contributed by atoms with Gasteiger partial charge in [0.25, 0.3) is 15.9 Å². The van der Waals surface area contributed by atoms with E-state index in [4.69, 9.17) is 16.3 Å². The minimum atomic E-state index is -4.08. The molecule has 0 aromatic heterocycles. The van der Waals surface area contributed by atoms with Gasteiger partial charge in [0.2, 0.25) is 0 Å². The van der Waals surface area contributed by atoms with Gasteiger partial charge < -0.3 is 9.64 Å². The van der Waals surface area contributed by atoms with Gasteiger partial charge in [0.15, 0.2) is 6.61 Å². The molecular weight excluding hydrogens is 459 g/mol. The van der Waals surface area contributed by atoms with Crippen molar-refractivity contribution in [3.05, 3.63) is 71.0 Å². The topological polar surface area (TPSA) is 84.0 Å². The molecule has 32 heavy (non-hydrogen) atoms. The summed E-state index contributed by atoms with van der Waals surface area (Å²) in [5.74, 6) is -1.86. The highest BCUT2D eigenvalue weighted by molar-refractivity contribution is 7.92. The molecule has 7 nitrogen and oxygen atoms in total. The molecule has 1 amide bonds. The van der Waals surface area contributed by atoms with Crippen LogP contribution in [0.2, 0.25) is 5.02 Å². The lowest BCUT2D eigenvalue weighted by Crippen LogP contribution is -2.35. The first-order valence-electron chi connectivity index (χ1n) is 9.60. The second-order valence-electron chi connectivity index (χ2n) is 7.03. The van der Waals surface area contributed by atoms with Gasteiger partial charge in [-0.25, -0.2) is 17.6 Å².